The molecule has 1 N–H and O–H groups in total. The van der Waals surface area contributed by atoms with Crippen LogP contribution in [0.3, 0.4) is 0 Å². The number of rotatable bonds is 6. The van der Waals surface area contributed by atoms with Gasteiger partial charge in [-0.05, 0) is 31.7 Å². The van der Waals surface area contributed by atoms with Crippen LogP contribution in [0.4, 0.5) is 0 Å². The Balaban J connectivity index is 2.93. The molecule has 1 aromatic rings. The molecule has 17 heavy (non-hydrogen) atoms. The fourth-order valence-electron chi connectivity index (χ4n) is 1.48. The highest BCUT2D eigenvalue weighted by Gasteiger charge is 2.10. The lowest BCUT2D eigenvalue weighted by atomic mass is 10.2. The van der Waals surface area contributed by atoms with Crippen LogP contribution in [0, 0.1) is 11.3 Å². The highest BCUT2D eigenvalue weighted by molar-refractivity contribution is 5.40. The average molecular weight is 234 g/mol. The molecule has 4 nitrogen and oxygen atoms in total. The molecule has 1 atom stereocenters. The van der Waals surface area contributed by atoms with E-state index in [2.05, 4.69) is 11.4 Å². The van der Waals surface area contributed by atoms with Gasteiger partial charge in [0.05, 0.1) is 7.11 Å². The Morgan fingerprint density at radius 1 is 1.47 bits per heavy atom. The molecule has 0 bridgehead atoms. The maximum Gasteiger partial charge on any atom is 0.184 e. The second-order valence-electron chi connectivity index (χ2n) is 3.65. The second kappa shape index (κ2) is 6.77. The number of hydrogen-bond donors (Lipinski definition) is 1. The number of ether oxygens (including phenoxy) is 2. The standard InChI is InChI=1S/C13H18N2O2/c1-4-11(8-14)17-13-6-5-12(16-3)7-10(13)9-15-2/h5-7,11,15H,4,9H2,1-3H3. The zero-order chi connectivity index (χ0) is 12.7. The molecule has 0 saturated heterocycles. The molecule has 0 aromatic heterocycles. The summed E-state index contributed by atoms with van der Waals surface area (Å²) < 4.78 is 10.8. The fraction of sp³-hybridized carbons (Fsp3) is 0.462. The summed E-state index contributed by atoms with van der Waals surface area (Å²) in [5.74, 6) is 1.51. The van der Waals surface area contributed by atoms with Crippen molar-refractivity contribution in [3.05, 3.63) is 23.8 Å². The van der Waals surface area contributed by atoms with E-state index < -0.39 is 6.10 Å². The Hall–Kier alpha value is -1.73. The number of methoxy groups -OCH3 is 1. The van der Waals surface area contributed by atoms with Crippen molar-refractivity contribution in [2.24, 2.45) is 0 Å². The van der Waals surface area contributed by atoms with Crippen LogP contribution in [-0.2, 0) is 6.54 Å². The normalized spacial score (nSPS) is 11.6. The Morgan fingerprint density at radius 3 is 2.76 bits per heavy atom. The third kappa shape index (κ3) is 3.65. The van der Waals surface area contributed by atoms with Gasteiger partial charge in [-0.25, -0.2) is 0 Å². The van der Waals surface area contributed by atoms with E-state index in [9.17, 15) is 0 Å². The molecule has 0 aliphatic rings. The summed E-state index contributed by atoms with van der Waals surface area (Å²) in [5.41, 5.74) is 0.987. The number of nitrogens with one attached hydrogen (secondary N) is 1. The highest BCUT2D eigenvalue weighted by atomic mass is 16.5. The van der Waals surface area contributed by atoms with Crippen LogP contribution in [0.2, 0.25) is 0 Å². The molecular weight excluding hydrogens is 216 g/mol. The zero-order valence-corrected chi connectivity index (χ0v) is 10.5. The lowest BCUT2D eigenvalue weighted by Crippen LogP contribution is -2.15. The molecule has 0 heterocycles. The molecule has 0 radical (unpaired) electrons. The molecule has 1 rings (SSSR count). The van der Waals surface area contributed by atoms with Crippen LogP contribution >= 0.6 is 0 Å². The van der Waals surface area contributed by atoms with Gasteiger partial charge >= 0.3 is 0 Å². The van der Waals surface area contributed by atoms with Crippen LogP contribution < -0.4 is 14.8 Å². The molecule has 1 unspecified atom stereocenters. The highest BCUT2D eigenvalue weighted by Crippen LogP contribution is 2.25. The van der Waals surface area contributed by atoms with E-state index in [1.165, 1.54) is 0 Å². The first-order chi connectivity index (χ1) is 8.24. The van der Waals surface area contributed by atoms with Crippen molar-refractivity contribution >= 4 is 0 Å². The summed E-state index contributed by atoms with van der Waals surface area (Å²) in [7, 11) is 3.49. The Kier molecular flexibility index (Phi) is 5.31. The van der Waals surface area contributed by atoms with Crippen LogP contribution in [0.1, 0.15) is 18.9 Å². The van der Waals surface area contributed by atoms with Crippen LogP contribution in [0.25, 0.3) is 0 Å². The third-order valence-corrected chi connectivity index (χ3v) is 2.42. The minimum Gasteiger partial charge on any atom is -0.497 e. The van der Waals surface area contributed by atoms with Gasteiger partial charge in [0.15, 0.2) is 6.10 Å². The molecule has 1 aromatic carbocycles. The van der Waals surface area contributed by atoms with Gasteiger partial charge in [0.2, 0.25) is 0 Å². The van der Waals surface area contributed by atoms with E-state index in [1.54, 1.807) is 7.11 Å². The summed E-state index contributed by atoms with van der Waals surface area (Å²) in [6.07, 6.45) is 0.264. The van der Waals surface area contributed by atoms with Gasteiger partial charge in [-0.2, -0.15) is 5.26 Å². The lowest BCUT2D eigenvalue weighted by Gasteiger charge is -2.15. The Bertz CT molecular complexity index is 399. The van der Waals surface area contributed by atoms with Gasteiger partial charge in [0, 0.05) is 12.1 Å². The molecule has 0 aliphatic carbocycles. The van der Waals surface area contributed by atoms with Crippen molar-refractivity contribution in [1.82, 2.24) is 5.32 Å². The van der Waals surface area contributed by atoms with E-state index in [0.29, 0.717) is 13.0 Å². The van der Waals surface area contributed by atoms with Crippen molar-refractivity contribution < 1.29 is 9.47 Å². The van der Waals surface area contributed by atoms with Crippen LogP contribution in [-0.4, -0.2) is 20.3 Å². The third-order valence-electron chi connectivity index (χ3n) is 2.42. The Labute approximate surface area is 102 Å². The van der Waals surface area contributed by atoms with Crippen LogP contribution in [0.15, 0.2) is 18.2 Å². The van der Waals surface area contributed by atoms with E-state index >= 15 is 0 Å². The van der Waals surface area contributed by atoms with E-state index in [0.717, 1.165) is 17.1 Å². The molecule has 0 saturated carbocycles. The maximum atomic E-state index is 8.89. The van der Waals surface area contributed by atoms with Crippen LogP contribution in [0.5, 0.6) is 11.5 Å². The first-order valence-electron chi connectivity index (χ1n) is 5.62. The molecule has 0 aliphatic heterocycles. The molecule has 0 amide bonds. The molecular formula is C13H18N2O2. The summed E-state index contributed by atoms with van der Waals surface area (Å²) in [6, 6.07) is 7.71. The monoisotopic (exact) mass is 234 g/mol. The van der Waals surface area contributed by atoms with Gasteiger partial charge in [-0.3, -0.25) is 0 Å². The van der Waals surface area contributed by atoms with E-state index in [-0.39, 0.29) is 0 Å². The molecule has 0 spiro atoms. The van der Waals surface area contributed by atoms with E-state index in [1.807, 2.05) is 32.2 Å². The quantitative estimate of drug-likeness (QED) is 0.819. The topological polar surface area (TPSA) is 54.3 Å². The molecule has 92 valence electrons. The molecule has 0 fully saturated rings. The second-order valence-corrected chi connectivity index (χ2v) is 3.65. The van der Waals surface area contributed by atoms with Crippen molar-refractivity contribution in [3.8, 4) is 17.6 Å². The Morgan fingerprint density at radius 2 is 2.24 bits per heavy atom. The minimum absolute atomic E-state index is 0.404. The van der Waals surface area contributed by atoms with Gasteiger partial charge in [-0.15, -0.1) is 0 Å². The van der Waals surface area contributed by atoms with Crippen molar-refractivity contribution in [2.75, 3.05) is 14.2 Å². The lowest BCUT2D eigenvalue weighted by molar-refractivity contribution is 0.248. The summed E-state index contributed by atoms with van der Waals surface area (Å²) in [4.78, 5) is 0. The maximum absolute atomic E-state index is 8.89. The number of nitrogens with zero attached hydrogens (tertiary/aromatic N) is 1. The first kappa shape index (κ1) is 13.3. The number of benzene rings is 1. The van der Waals surface area contributed by atoms with Crippen molar-refractivity contribution in [3.63, 3.8) is 0 Å². The predicted octanol–water partition coefficient (Wildman–Crippen LogP) is 2.10. The average Bonchev–Trinajstić information content (AvgIpc) is 2.37. The number of hydrogen-bond acceptors (Lipinski definition) is 4. The smallest absolute Gasteiger partial charge is 0.184 e. The first-order valence-corrected chi connectivity index (χ1v) is 5.62. The van der Waals surface area contributed by atoms with Gasteiger partial charge in [0.1, 0.15) is 17.6 Å². The van der Waals surface area contributed by atoms with Crippen molar-refractivity contribution in [2.45, 2.75) is 26.0 Å². The minimum atomic E-state index is -0.404. The fourth-order valence-corrected chi connectivity index (χ4v) is 1.48. The van der Waals surface area contributed by atoms with Gasteiger partial charge < -0.3 is 14.8 Å². The predicted molar refractivity (Wildman–Crippen MR) is 66.1 cm³/mol. The largest absolute Gasteiger partial charge is 0.497 e. The van der Waals surface area contributed by atoms with Gasteiger partial charge in [-0.1, -0.05) is 6.92 Å². The van der Waals surface area contributed by atoms with Gasteiger partial charge in [0.25, 0.3) is 0 Å². The molecule has 4 heteroatoms. The summed E-state index contributed by atoms with van der Waals surface area (Å²) >= 11 is 0. The summed E-state index contributed by atoms with van der Waals surface area (Å²) in [6.45, 7) is 2.60. The van der Waals surface area contributed by atoms with E-state index in [4.69, 9.17) is 14.7 Å². The zero-order valence-electron chi connectivity index (χ0n) is 10.5. The summed E-state index contributed by atoms with van der Waals surface area (Å²) in [5, 5.41) is 12.0. The number of nitriles is 1. The SMILES string of the molecule is CCC(C#N)Oc1ccc(OC)cc1CNC. The van der Waals surface area contributed by atoms with Crippen molar-refractivity contribution in [1.29, 1.82) is 5.26 Å².